The number of rotatable bonds is 2. The van der Waals surface area contributed by atoms with E-state index in [1.165, 1.54) is 25.7 Å². The fourth-order valence-corrected chi connectivity index (χ4v) is 0. The predicted octanol–water partition coefficient (Wildman–Crippen LogP) is 1.17. The zero-order valence-electron chi connectivity index (χ0n) is 8.55. The highest BCUT2D eigenvalue weighted by Crippen LogP contribution is 1.77. The van der Waals surface area contributed by atoms with Gasteiger partial charge in [0, 0.05) is 0 Å². The van der Waals surface area contributed by atoms with E-state index in [9.17, 15) is 0 Å². The van der Waals surface area contributed by atoms with Crippen molar-refractivity contribution in [3.63, 3.8) is 0 Å². The second-order valence-electron chi connectivity index (χ2n) is 2.25. The van der Waals surface area contributed by atoms with Crippen molar-refractivity contribution in [3.05, 3.63) is 0 Å². The molecule has 0 spiro atoms. The van der Waals surface area contributed by atoms with E-state index in [2.05, 4.69) is 27.7 Å². The van der Waals surface area contributed by atoms with Gasteiger partial charge in [0.15, 0.2) is 0 Å². The van der Waals surface area contributed by atoms with E-state index in [1.807, 2.05) is 0 Å². The van der Waals surface area contributed by atoms with Crippen molar-refractivity contribution >= 4 is 6.16 Å². The van der Waals surface area contributed by atoms with Gasteiger partial charge in [0.05, 0.1) is 0 Å². The van der Waals surface area contributed by atoms with Crippen molar-refractivity contribution in [2.24, 2.45) is 0 Å². The molecule has 0 fully saturated rings. The largest absolute Gasteiger partial charge is 0.652 e. The third-order valence-corrected chi connectivity index (χ3v) is 1.000. The smallest absolute Gasteiger partial charge is 0.0431 e. The maximum Gasteiger partial charge on any atom is -0.0431 e. The lowest BCUT2D eigenvalue weighted by atomic mass is 10.4. The van der Waals surface area contributed by atoms with E-state index in [-0.39, 0.29) is 0 Å². The molecule has 0 aromatic heterocycles. The Kier molecular flexibility index (Phi) is 32.5. The molecule has 0 bridgehead atoms. The second-order valence-corrected chi connectivity index (χ2v) is 2.25. The number of hydrogen-bond donors (Lipinski definition) is 0. The molecule has 3 nitrogen and oxygen atoms in total. The van der Waals surface area contributed by atoms with Gasteiger partial charge in [0.1, 0.15) is 0 Å². The molecule has 0 N–H and O–H groups in total. The summed E-state index contributed by atoms with van der Waals surface area (Å²) in [6.07, 6.45) is 2.94. The quantitative estimate of drug-likeness (QED) is 0.634. The Morgan fingerprint density at radius 2 is 0.917 bits per heavy atom. The van der Waals surface area contributed by atoms with Gasteiger partial charge < -0.3 is 15.0 Å². The van der Waals surface area contributed by atoms with Crippen LogP contribution in [0.5, 0.6) is 0 Å². The molecule has 0 atom stereocenters. The van der Waals surface area contributed by atoms with E-state index in [4.69, 9.17) is 15.0 Å². The molecular formula is C9H20O3-2. The Bertz CT molecular complexity index is 60.2. The van der Waals surface area contributed by atoms with Crippen molar-refractivity contribution in [1.29, 1.82) is 0 Å². The van der Waals surface area contributed by atoms with Crippen LogP contribution in [0, 0.1) is 0 Å². The van der Waals surface area contributed by atoms with Gasteiger partial charge in [-0.2, -0.15) is 0 Å². The Labute approximate surface area is 75.4 Å². The Balaban J connectivity index is -0.000000101. The minimum Gasteiger partial charge on any atom is -0.652 e. The Hall–Kier alpha value is -0.730. The van der Waals surface area contributed by atoms with Crippen molar-refractivity contribution in [1.82, 2.24) is 0 Å². The molecule has 3 heteroatoms. The number of carbonyl (C=O) groups excluding carboxylic acids is 1. The van der Waals surface area contributed by atoms with Gasteiger partial charge in [-0.05, 0) is 6.16 Å². The van der Waals surface area contributed by atoms with Gasteiger partial charge in [0.25, 0.3) is 0 Å². The molecule has 0 unspecified atom stereocenters. The zero-order valence-corrected chi connectivity index (χ0v) is 8.55. The first-order valence-electron chi connectivity index (χ1n) is 4.44. The Morgan fingerprint density at radius 3 is 0.917 bits per heavy atom. The maximum absolute atomic E-state index is 8.33. The highest BCUT2D eigenvalue weighted by molar-refractivity contribution is 5.47. The summed E-state index contributed by atoms with van der Waals surface area (Å²) >= 11 is 0. The monoisotopic (exact) mass is 176 g/mol. The van der Waals surface area contributed by atoms with Gasteiger partial charge in [-0.1, -0.05) is 53.4 Å². The lowest BCUT2D eigenvalue weighted by molar-refractivity contribution is -0.415. The van der Waals surface area contributed by atoms with Crippen LogP contribution in [0.2, 0.25) is 0 Å². The summed E-state index contributed by atoms with van der Waals surface area (Å²) in [5, 5.41) is 16.7. The number of hydrogen-bond acceptors (Lipinski definition) is 3. The molecule has 0 aliphatic carbocycles. The van der Waals surface area contributed by atoms with E-state index >= 15 is 0 Å². The van der Waals surface area contributed by atoms with E-state index in [1.54, 1.807) is 0 Å². The fraction of sp³-hybridized carbons (Fsp3) is 0.889. The average Bonchev–Trinajstić information content (AvgIpc) is 2.03. The zero-order chi connectivity index (χ0) is 10.4. The lowest BCUT2D eigenvalue weighted by Gasteiger charge is -1.96. The first-order chi connectivity index (χ1) is 5.56. The van der Waals surface area contributed by atoms with Gasteiger partial charge in [-0.15, -0.1) is 0 Å². The molecular weight excluding hydrogens is 156 g/mol. The van der Waals surface area contributed by atoms with Crippen LogP contribution < -0.4 is 10.2 Å². The first-order valence-corrected chi connectivity index (χ1v) is 4.44. The highest BCUT2D eigenvalue weighted by Gasteiger charge is 1.56. The first kappa shape index (κ1) is 17.4. The Morgan fingerprint density at radius 1 is 0.833 bits per heavy atom. The van der Waals surface area contributed by atoms with Crippen molar-refractivity contribution in [2.45, 2.75) is 53.4 Å². The minimum absolute atomic E-state index is 1.32. The molecule has 0 radical (unpaired) electrons. The molecule has 0 aliphatic heterocycles. The number of unbranched alkanes of at least 4 members (excludes halogenated alkanes) is 2. The van der Waals surface area contributed by atoms with Crippen LogP contribution in [0.3, 0.4) is 0 Å². The van der Waals surface area contributed by atoms with Crippen LogP contribution >= 0.6 is 0 Å². The summed E-state index contributed by atoms with van der Waals surface area (Å²) in [6, 6.07) is 0. The molecule has 0 saturated heterocycles. The second kappa shape index (κ2) is 22.4. The number of carboxylic acid groups (broad SMARTS) is 2. The summed E-state index contributed by atoms with van der Waals surface area (Å²) in [6.45, 7) is 8.72. The third kappa shape index (κ3) is 393. The van der Waals surface area contributed by atoms with Crippen molar-refractivity contribution in [3.8, 4) is 0 Å². The summed E-state index contributed by atoms with van der Waals surface area (Å²) in [4.78, 5) is 8.33. The molecule has 0 aromatic rings. The van der Waals surface area contributed by atoms with Gasteiger partial charge in [-0.25, -0.2) is 0 Å². The molecule has 12 heavy (non-hydrogen) atoms. The summed E-state index contributed by atoms with van der Waals surface area (Å²) in [5.41, 5.74) is 0. The van der Waals surface area contributed by atoms with Crippen LogP contribution in [-0.2, 0) is 0 Å². The molecule has 0 amide bonds. The molecule has 0 rings (SSSR count). The van der Waals surface area contributed by atoms with Crippen LogP contribution in [0.15, 0.2) is 0 Å². The SMILES string of the molecule is CCCC.CCCC.O=C([O-])[O-]. The van der Waals surface area contributed by atoms with E-state index < -0.39 is 6.16 Å². The average molecular weight is 176 g/mol. The normalized spacial score (nSPS) is 7.00. The molecule has 0 aromatic carbocycles. The van der Waals surface area contributed by atoms with Crippen LogP contribution in [-0.4, -0.2) is 6.16 Å². The van der Waals surface area contributed by atoms with Crippen LogP contribution in [0.4, 0.5) is 4.79 Å². The van der Waals surface area contributed by atoms with Gasteiger partial charge in [-0.3, -0.25) is 0 Å². The topological polar surface area (TPSA) is 63.2 Å². The minimum atomic E-state index is -2.33. The lowest BCUT2D eigenvalue weighted by Crippen LogP contribution is -2.37. The van der Waals surface area contributed by atoms with Gasteiger partial charge >= 0.3 is 0 Å². The van der Waals surface area contributed by atoms with E-state index in [0.717, 1.165) is 0 Å². The van der Waals surface area contributed by atoms with Crippen LogP contribution in [0.1, 0.15) is 53.4 Å². The maximum atomic E-state index is 8.33. The summed E-state index contributed by atoms with van der Waals surface area (Å²) in [5.74, 6) is 0. The summed E-state index contributed by atoms with van der Waals surface area (Å²) < 4.78 is 0. The predicted molar refractivity (Wildman–Crippen MR) is 46.6 cm³/mol. The van der Waals surface area contributed by atoms with Crippen molar-refractivity contribution < 1.29 is 15.0 Å². The molecule has 0 heterocycles. The third-order valence-electron chi connectivity index (χ3n) is 1.000. The fourth-order valence-electron chi connectivity index (χ4n) is 0. The highest BCUT2D eigenvalue weighted by atomic mass is 16.6. The van der Waals surface area contributed by atoms with Crippen LogP contribution in [0.25, 0.3) is 0 Å². The summed E-state index contributed by atoms with van der Waals surface area (Å²) in [7, 11) is 0. The molecule has 0 saturated carbocycles. The molecule has 76 valence electrons. The standard InChI is InChI=1S/2C4H10.CH2O3/c2*1-3-4-2;2-1(3)4/h2*3-4H2,1-2H3;(H2,2,3,4)/p-2. The van der Waals surface area contributed by atoms with Crippen molar-refractivity contribution in [2.75, 3.05) is 0 Å². The van der Waals surface area contributed by atoms with Gasteiger partial charge in [0.2, 0.25) is 0 Å². The molecule has 0 aliphatic rings. The van der Waals surface area contributed by atoms with E-state index in [0.29, 0.717) is 0 Å². The number of carbonyl (C=O) groups is 1.